The second-order valence-corrected chi connectivity index (χ2v) is 5.26. The summed E-state index contributed by atoms with van der Waals surface area (Å²) in [6, 6.07) is 4.24. The number of hydrogen-bond donors (Lipinski definition) is 1. The summed E-state index contributed by atoms with van der Waals surface area (Å²) in [6.07, 6.45) is 2.13. The molecule has 4 nitrogen and oxygen atoms in total. The maximum Gasteiger partial charge on any atom is 0.227 e. The molecule has 0 atom stereocenters. The van der Waals surface area contributed by atoms with Gasteiger partial charge >= 0.3 is 0 Å². The minimum absolute atomic E-state index is 0.0509. The van der Waals surface area contributed by atoms with Gasteiger partial charge in [0.05, 0.1) is 10.6 Å². The van der Waals surface area contributed by atoms with Crippen LogP contribution in [0.5, 0.6) is 11.6 Å². The average Bonchev–Trinajstić information content (AvgIpc) is 3.23. The zero-order valence-corrected chi connectivity index (χ0v) is 11.6. The summed E-state index contributed by atoms with van der Waals surface area (Å²) in [7, 11) is 0. The molecule has 1 heterocycles. The smallest absolute Gasteiger partial charge is 0.227 e. The van der Waals surface area contributed by atoms with Gasteiger partial charge in [-0.15, -0.1) is 0 Å². The molecule has 2 aromatic rings. The highest BCUT2D eigenvalue weighted by Gasteiger charge is 2.28. The number of aromatic nitrogens is 2. The second-order valence-electron chi connectivity index (χ2n) is 4.85. The molecule has 0 amide bonds. The molecule has 1 fully saturated rings. The lowest BCUT2D eigenvalue weighted by atomic mass is 10.3. The summed E-state index contributed by atoms with van der Waals surface area (Å²) in [4.78, 5) is 8.63. The second kappa shape index (κ2) is 4.90. The van der Waals surface area contributed by atoms with Gasteiger partial charge in [0.1, 0.15) is 23.2 Å². The third-order valence-corrected chi connectivity index (χ3v) is 3.51. The molecule has 1 aliphatic rings. The summed E-state index contributed by atoms with van der Waals surface area (Å²) in [5, 5.41) is 0.0509. The molecule has 104 valence electrons. The molecule has 1 aromatic carbocycles. The zero-order chi connectivity index (χ0) is 14.3. The molecule has 1 saturated carbocycles. The lowest BCUT2D eigenvalue weighted by Gasteiger charge is -2.11. The molecular formula is C14H13ClFN3O. The Hall–Kier alpha value is -1.88. The standard InChI is InChI=1S/C14H13ClFN3O/c1-7-12(17)18-13(8-2-3-8)19-14(7)20-9-4-5-10(15)11(16)6-9/h4-6,8H,2-3H2,1H3,(H2,17,18,19). The van der Waals surface area contributed by atoms with E-state index in [2.05, 4.69) is 9.97 Å². The SMILES string of the molecule is Cc1c(N)nc(C2CC2)nc1Oc1ccc(Cl)c(F)c1. The Morgan fingerprint density at radius 3 is 2.75 bits per heavy atom. The number of benzene rings is 1. The minimum Gasteiger partial charge on any atom is -0.438 e. The lowest BCUT2D eigenvalue weighted by molar-refractivity contribution is 0.450. The molecular weight excluding hydrogens is 281 g/mol. The molecule has 1 aromatic heterocycles. The predicted octanol–water partition coefficient (Wildman–Crippen LogP) is 3.83. The largest absolute Gasteiger partial charge is 0.438 e. The zero-order valence-electron chi connectivity index (χ0n) is 10.9. The van der Waals surface area contributed by atoms with Gasteiger partial charge in [-0.3, -0.25) is 0 Å². The molecule has 1 aliphatic carbocycles. The van der Waals surface area contributed by atoms with Crippen molar-refractivity contribution in [1.82, 2.24) is 9.97 Å². The van der Waals surface area contributed by atoms with E-state index in [4.69, 9.17) is 22.1 Å². The van der Waals surface area contributed by atoms with Crippen molar-refractivity contribution in [3.63, 3.8) is 0 Å². The van der Waals surface area contributed by atoms with Crippen molar-refractivity contribution in [1.29, 1.82) is 0 Å². The van der Waals surface area contributed by atoms with Gasteiger partial charge in [0.2, 0.25) is 5.88 Å². The van der Waals surface area contributed by atoms with Crippen LogP contribution in [-0.2, 0) is 0 Å². The van der Waals surface area contributed by atoms with Crippen LogP contribution in [0.3, 0.4) is 0 Å². The third kappa shape index (κ3) is 2.54. The Labute approximate surface area is 120 Å². The highest BCUT2D eigenvalue weighted by atomic mass is 35.5. The van der Waals surface area contributed by atoms with Gasteiger partial charge in [0.15, 0.2) is 0 Å². The Morgan fingerprint density at radius 1 is 1.35 bits per heavy atom. The molecule has 3 rings (SSSR count). The van der Waals surface area contributed by atoms with Crippen LogP contribution in [0, 0.1) is 12.7 Å². The van der Waals surface area contributed by atoms with Crippen LogP contribution in [0.15, 0.2) is 18.2 Å². The van der Waals surface area contributed by atoms with Gasteiger partial charge in [0, 0.05) is 12.0 Å². The van der Waals surface area contributed by atoms with E-state index >= 15 is 0 Å². The van der Waals surface area contributed by atoms with Gasteiger partial charge in [-0.2, -0.15) is 4.98 Å². The number of nitrogens with two attached hydrogens (primary N) is 1. The van der Waals surface area contributed by atoms with Gasteiger partial charge in [-0.1, -0.05) is 11.6 Å². The van der Waals surface area contributed by atoms with Gasteiger partial charge in [-0.25, -0.2) is 9.37 Å². The van der Waals surface area contributed by atoms with E-state index in [0.717, 1.165) is 12.8 Å². The number of halogens is 2. The first-order valence-electron chi connectivity index (χ1n) is 6.31. The average molecular weight is 294 g/mol. The van der Waals surface area contributed by atoms with Crippen molar-refractivity contribution in [3.8, 4) is 11.6 Å². The quantitative estimate of drug-likeness (QED) is 0.934. The highest BCUT2D eigenvalue weighted by Crippen LogP contribution is 2.40. The fraction of sp³-hybridized carbons (Fsp3) is 0.286. The number of nitrogens with zero attached hydrogens (tertiary/aromatic N) is 2. The van der Waals surface area contributed by atoms with Crippen LogP contribution in [0.2, 0.25) is 5.02 Å². The number of rotatable bonds is 3. The summed E-state index contributed by atoms with van der Waals surface area (Å²) in [6.45, 7) is 1.77. The van der Waals surface area contributed by atoms with Crippen LogP contribution >= 0.6 is 11.6 Å². The third-order valence-electron chi connectivity index (χ3n) is 3.20. The van der Waals surface area contributed by atoms with E-state index in [-0.39, 0.29) is 5.02 Å². The molecule has 0 bridgehead atoms. The van der Waals surface area contributed by atoms with E-state index in [1.165, 1.54) is 12.1 Å². The maximum atomic E-state index is 13.4. The van der Waals surface area contributed by atoms with Crippen LogP contribution in [0.4, 0.5) is 10.2 Å². The van der Waals surface area contributed by atoms with Crippen LogP contribution in [0.1, 0.15) is 30.1 Å². The Kier molecular flexibility index (Phi) is 3.22. The molecule has 0 radical (unpaired) electrons. The molecule has 0 saturated heterocycles. The molecule has 6 heteroatoms. The van der Waals surface area contributed by atoms with Crippen molar-refractivity contribution in [2.75, 3.05) is 5.73 Å². The van der Waals surface area contributed by atoms with Gasteiger partial charge in [-0.05, 0) is 31.9 Å². The highest BCUT2D eigenvalue weighted by molar-refractivity contribution is 6.30. The first-order chi connectivity index (χ1) is 9.54. The van der Waals surface area contributed by atoms with Crippen LogP contribution in [0.25, 0.3) is 0 Å². The molecule has 20 heavy (non-hydrogen) atoms. The van der Waals surface area contributed by atoms with Crippen LogP contribution in [-0.4, -0.2) is 9.97 Å². The van der Waals surface area contributed by atoms with Crippen molar-refractivity contribution < 1.29 is 9.13 Å². The summed E-state index contributed by atoms with van der Waals surface area (Å²) in [5.74, 6) is 1.60. The summed E-state index contributed by atoms with van der Waals surface area (Å²) < 4.78 is 19.0. The van der Waals surface area contributed by atoms with Crippen LogP contribution < -0.4 is 10.5 Å². The van der Waals surface area contributed by atoms with Crippen molar-refractivity contribution >= 4 is 17.4 Å². The normalized spacial score (nSPS) is 14.3. The topological polar surface area (TPSA) is 61.0 Å². The maximum absolute atomic E-state index is 13.4. The number of nitrogen functional groups attached to an aromatic ring is 1. The van der Waals surface area contributed by atoms with E-state index in [9.17, 15) is 4.39 Å². The first-order valence-corrected chi connectivity index (χ1v) is 6.69. The van der Waals surface area contributed by atoms with Gasteiger partial charge < -0.3 is 10.5 Å². The van der Waals surface area contributed by atoms with Gasteiger partial charge in [0.25, 0.3) is 0 Å². The lowest BCUT2D eigenvalue weighted by Crippen LogP contribution is -2.04. The fourth-order valence-corrected chi connectivity index (χ4v) is 1.92. The van der Waals surface area contributed by atoms with E-state index in [1.807, 2.05) is 0 Å². The molecule has 0 aliphatic heterocycles. The van der Waals surface area contributed by atoms with E-state index in [0.29, 0.717) is 34.8 Å². The van der Waals surface area contributed by atoms with Crippen molar-refractivity contribution in [3.05, 3.63) is 40.4 Å². The first kappa shape index (κ1) is 13.1. The monoisotopic (exact) mass is 293 g/mol. The fourth-order valence-electron chi connectivity index (χ4n) is 1.81. The number of anilines is 1. The van der Waals surface area contributed by atoms with Crippen molar-refractivity contribution in [2.45, 2.75) is 25.7 Å². The van der Waals surface area contributed by atoms with Crippen molar-refractivity contribution in [2.24, 2.45) is 0 Å². The molecule has 0 spiro atoms. The Bertz CT molecular complexity index is 674. The van der Waals surface area contributed by atoms with E-state index < -0.39 is 5.82 Å². The van der Waals surface area contributed by atoms with E-state index in [1.54, 1.807) is 13.0 Å². The number of hydrogen-bond acceptors (Lipinski definition) is 4. The Balaban J connectivity index is 1.94. The predicted molar refractivity (Wildman–Crippen MR) is 74.6 cm³/mol. The summed E-state index contributed by atoms with van der Waals surface area (Å²) >= 11 is 5.64. The molecule has 2 N–H and O–H groups in total. The summed E-state index contributed by atoms with van der Waals surface area (Å²) in [5.41, 5.74) is 6.51. The number of ether oxygens (including phenoxy) is 1. The minimum atomic E-state index is -0.536. The Morgan fingerprint density at radius 2 is 2.10 bits per heavy atom. The molecule has 0 unspecified atom stereocenters.